The van der Waals surface area contributed by atoms with Crippen LogP contribution >= 0.6 is 0 Å². The van der Waals surface area contributed by atoms with Crippen LogP contribution in [0.2, 0.25) is 0 Å². The molecule has 0 bridgehead atoms. The molecule has 0 radical (unpaired) electrons. The van der Waals surface area contributed by atoms with Crippen molar-refractivity contribution >= 4 is 6.03 Å². The monoisotopic (exact) mass is 337 g/mol. The van der Waals surface area contributed by atoms with Gasteiger partial charge in [-0.2, -0.15) is 0 Å². The molecule has 2 N–H and O–H groups in total. The largest absolute Gasteiger partial charge is 0.465 e. The van der Waals surface area contributed by atoms with Crippen molar-refractivity contribution in [1.82, 2.24) is 15.1 Å². The number of aliphatic hydroxyl groups is 1. The number of aliphatic hydroxyl groups excluding tert-OH is 1. The lowest BCUT2D eigenvalue weighted by Gasteiger charge is -2.34. The maximum atomic E-state index is 12.5. The first-order chi connectivity index (χ1) is 11.7. The molecule has 1 aromatic rings. The van der Waals surface area contributed by atoms with Crippen LogP contribution in [0.1, 0.15) is 30.4 Å². The highest BCUT2D eigenvalue weighted by atomic mass is 16.5. The average molecular weight is 337 g/mol. The Hall–Kier alpha value is -1.57. The van der Waals surface area contributed by atoms with E-state index in [0.717, 1.165) is 37.5 Å². The average Bonchev–Trinajstić information content (AvgIpc) is 3.35. The molecule has 7 nitrogen and oxygen atoms in total. The van der Waals surface area contributed by atoms with Crippen LogP contribution in [0.25, 0.3) is 0 Å². The Balaban J connectivity index is 1.63. The van der Waals surface area contributed by atoms with E-state index in [1.54, 1.807) is 4.90 Å². The molecule has 1 saturated carbocycles. The van der Waals surface area contributed by atoms with Gasteiger partial charge in [0.2, 0.25) is 0 Å². The van der Waals surface area contributed by atoms with Gasteiger partial charge in [0.15, 0.2) is 0 Å². The fourth-order valence-corrected chi connectivity index (χ4v) is 3.16. The van der Waals surface area contributed by atoms with Crippen molar-refractivity contribution in [2.75, 3.05) is 46.0 Å². The van der Waals surface area contributed by atoms with Crippen molar-refractivity contribution in [1.29, 1.82) is 0 Å². The number of nitrogens with one attached hydrogen (secondary N) is 1. The van der Waals surface area contributed by atoms with Gasteiger partial charge in [-0.3, -0.25) is 4.90 Å². The zero-order valence-electron chi connectivity index (χ0n) is 14.2. The van der Waals surface area contributed by atoms with Gasteiger partial charge in [0.25, 0.3) is 0 Å². The van der Waals surface area contributed by atoms with Gasteiger partial charge in [-0.05, 0) is 31.9 Å². The molecule has 0 aromatic carbocycles. The molecule has 1 unspecified atom stereocenters. The summed E-state index contributed by atoms with van der Waals surface area (Å²) >= 11 is 0. The van der Waals surface area contributed by atoms with E-state index in [-0.39, 0.29) is 24.7 Å². The fourth-order valence-electron chi connectivity index (χ4n) is 3.16. The molecule has 2 aliphatic rings. The number of aryl methyl sites for hydroxylation is 1. The number of carbonyl (C=O) groups excluding carboxylic acids is 1. The van der Waals surface area contributed by atoms with E-state index >= 15 is 0 Å². The molecule has 1 aliphatic heterocycles. The van der Waals surface area contributed by atoms with Crippen molar-refractivity contribution in [3.63, 3.8) is 0 Å². The SMILES string of the molecule is Cc1ccc(C(CNC(=O)N(CCO)C2CC2)N2CCOCC2)o1. The van der Waals surface area contributed by atoms with Gasteiger partial charge in [0.05, 0.1) is 25.9 Å². The van der Waals surface area contributed by atoms with Crippen LogP contribution in [-0.4, -0.2) is 73.0 Å². The molecule has 24 heavy (non-hydrogen) atoms. The maximum absolute atomic E-state index is 12.5. The normalized spacial score (nSPS) is 19.9. The zero-order valence-corrected chi connectivity index (χ0v) is 14.2. The van der Waals surface area contributed by atoms with Crippen molar-refractivity contribution in [3.8, 4) is 0 Å². The highest BCUT2D eigenvalue weighted by molar-refractivity contribution is 5.75. The summed E-state index contributed by atoms with van der Waals surface area (Å²) in [5.41, 5.74) is 0. The standard InChI is InChI=1S/C17H27N3O4/c1-13-2-5-16(24-13)15(19-7-10-23-11-8-19)12-18-17(22)20(6-9-21)14-3-4-14/h2,5,14-15,21H,3-4,6-12H2,1H3,(H,18,22). The van der Waals surface area contributed by atoms with Crippen molar-refractivity contribution in [2.24, 2.45) is 0 Å². The molecule has 134 valence electrons. The second-order valence-electron chi connectivity index (χ2n) is 6.45. The van der Waals surface area contributed by atoms with Gasteiger partial charge < -0.3 is 24.5 Å². The van der Waals surface area contributed by atoms with Crippen LogP contribution in [0.5, 0.6) is 0 Å². The molecular weight excluding hydrogens is 310 g/mol. The number of hydrogen-bond donors (Lipinski definition) is 2. The molecule has 2 heterocycles. The number of ether oxygens (including phenoxy) is 1. The Morgan fingerprint density at radius 3 is 2.75 bits per heavy atom. The number of hydrogen-bond acceptors (Lipinski definition) is 5. The lowest BCUT2D eigenvalue weighted by Crippen LogP contribution is -2.48. The molecule has 1 saturated heterocycles. The van der Waals surface area contributed by atoms with Crippen LogP contribution < -0.4 is 5.32 Å². The minimum atomic E-state index is -0.104. The van der Waals surface area contributed by atoms with Crippen molar-refractivity contribution < 1.29 is 19.1 Å². The van der Waals surface area contributed by atoms with Crippen LogP contribution in [0.4, 0.5) is 4.79 Å². The third kappa shape index (κ3) is 4.28. The molecule has 2 amide bonds. The van der Waals surface area contributed by atoms with E-state index in [0.29, 0.717) is 26.3 Å². The number of urea groups is 1. The number of furan rings is 1. The second kappa shape index (κ2) is 8.00. The third-order valence-electron chi connectivity index (χ3n) is 4.61. The highest BCUT2D eigenvalue weighted by Crippen LogP contribution is 2.27. The van der Waals surface area contributed by atoms with Gasteiger partial charge in [0, 0.05) is 32.2 Å². The van der Waals surface area contributed by atoms with Crippen LogP contribution in [-0.2, 0) is 4.74 Å². The van der Waals surface area contributed by atoms with Gasteiger partial charge in [0.1, 0.15) is 11.5 Å². The minimum Gasteiger partial charge on any atom is -0.465 e. The molecule has 1 atom stereocenters. The van der Waals surface area contributed by atoms with Gasteiger partial charge >= 0.3 is 6.03 Å². The molecule has 0 spiro atoms. The first kappa shape index (κ1) is 17.3. The Labute approximate surface area is 142 Å². The van der Waals surface area contributed by atoms with E-state index in [2.05, 4.69) is 10.2 Å². The van der Waals surface area contributed by atoms with Crippen LogP contribution in [0, 0.1) is 6.92 Å². The Morgan fingerprint density at radius 2 is 2.17 bits per heavy atom. The highest BCUT2D eigenvalue weighted by Gasteiger charge is 2.33. The number of amides is 2. The predicted molar refractivity (Wildman–Crippen MR) is 88.8 cm³/mol. The predicted octanol–water partition coefficient (Wildman–Crippen LogP) is 1.13. The molecule has 1 aliphatic carbocycles. The summed E-state index contributed by atoms with van der Waals surface area (Å²) in [4.78, 5) is 16.5. The van der Waals surface area contributed by atoms with E-state index in [1.165, 1.54) is 0 Å². The first-order valence-corrected chi connectivity index (χ1v) is 8.72. The first-order valence-electron chi connectivity index (χ1n) is 8.72. The number of nitrogens with zero attached hydrogens (tertiary/aromatic N) is 2. The lowest BCUT2D eigenvalue weighted by molar-refractivity contribution is 0.0118. The van der Waals surface area contributed by atoms with Gasteiger partial charge in [-0.1, -0.05) is 0 Å². The smallest absolute Gasteiger partial charge is 0.317 e. The van der Waals surface area contributed by atoms with Crippen molar-refractivity contribution in [3.05, 3.63) is 23.7 Å². The summed E-state index contributed by atoms with van der Waals surface area (Å²) < 4.78 is 11.2. The second-order valence-corrected chi connectivity index (χ2v) is 6.45. The van der Waals surface area contributed by atoms with E-state index < -0.39 is 0 Å². The van der Waals surface area contributed by atoms with Gasteiger partial charge in [-0.15, -0.1) is 0 Å². The summed E-state index contributed by atoms with van der Waals surface area (Å²) in [6, 6.07) is 4.11. The number of morpholine rings is 1. The molecule has 2 fully saturated rings. The molecular formula is C17H27N3O4. The summed E-state index contributed by atoms with van der Waals surface area (Å²) in [5.74, 6) is 1.74. The Bertz CT molecular complexity index is 538. The lowest BCUT2D eigenvalue weighted by atomic mass is 10.1. The van der Waals surface area contributed by atoms with E-state index in [4.69, 9.17) is 14.3 Å². The van der Waals surface area contributed by atoms with Crippen molar-refractivity contribution in [2.45, 2.75) is 31.8 Å². The minimum absolute atomic E-state index is 0.00160. The molecule has 7 heteroatoms. The summed E-state index contributed by atoms with van der Waals surface area (Å²) in [6.07, 6.45) is 2.05. The quantitative estimate of drug-likeness (QED) is 0.780. The molecule has 3 rings (SSSR count). The topological polar surface area (TPSA) is 78.2 Å². The van der Waals surface area contributed by atoms with E-state index in [1.807, 2.05) is 19.1 Å². The zero-order chi connectivity index (χ0) is 16.9. The summed E-state index contributed by atoms with van der Waals surface area (Å²) in [7, 11) is 0. The van der Waals surface area contributed by atoms with Gasteiger partial charge in [-0.25, -0.2) is 4.79 Å². The summed E-state index contributed by atoms with van der Waals surface area (Å²) in [6.45, 7) is 5.83. The van der Waals surface area contributed by atoms with Crippen LogP contribution in [0.3, 0.4) is 0 Å². The number of rotatable bonds is 7. The Morgan fingerprint density at radius 1 is 1.42 bits per heavy atom. The third-order valence-corrected chi connectivity index (χ3v) is 4.61. The summed E-state index contributed by atoms with van der Waals surface area (Å²) in [5, 5.41) is 12.2. The molecule has 1 aromatic heterocycles. The Kier molecular flexibility index (Phi) is 5.76. The van der Waals surface area contributed by atoms with E-state index in [9.17, 15) is 4.79 Å². The maximum Gasteiger partial charge on any atom is 0.317 e. The number of carbonyl (C=O) groups is 1. The van der Waals surface area contributed by atoms with Crippen LogP contribution in [0.15, 0.2) is 16.5 Å². The fraction of sp³-hybridized carbons (Fsp3) is 0.706.